The van der Waals surface area contributed by atoms with E-state index in [0.29, 0.717) is 0 Å². The van der Waals surface area contributed by atoms with Gasteiger partial charge in [-0.1, -0.05) is 32.9 Å². The Kier molecular flexibility index (Phi) is 5.24. The maximum Gasteiger partial charge on any atom is 0.323 e. The summed E-state index contributed by atoms with van der Waals surface area (Å²) in [6, 6.07) is 5.21. The molecule has 0 radical (unpaired) electrons. The fraction of sp³-hybridized carbons (Fsp3) is 0.529. The van der Waals surface area contributed by atoms with E-state index in [0.717, 1.165) is 9.87 Å². The minimum atomic E-state index is -3.95. The van der Waals surface area contributed by atoms with Crippen LogP contribution in [0.2, 0.25) is 0 Å². The normalized spacial score (nSPS) is 19.7. The summed E-state index contributed by atoms with van der Waals surface area (Å²) in [6.07, 6.45) is 0. The summed E-state index contributed by atoms with van der Waals surface area (Å²) >= 11 is 0. The van der Waals surface area contributed by atoms with E-state index in [2.05, 4.69) is 0 Å². The monoisotopic (exact) mass is 368 g/mol. The predicted octanol–water partition coefficient (Wildman–Crippen LogP) is 1.29. The Morgan fingerprint density at radius 1 is 1.12 bits per heavy atom. The van der Waals surface area contributed by atoms with Gasteiger partial charge in [0.15, 0.2) is 0 Å². The van der Waals surface area contributed by atoms with E-state index in [-0.39, 0.29) is 35.9 Å². The second kappa shape index (κ2) is 6.76. The van der Waals surface area contributed by atoms with E-state index in [1.807, 2.05) is 20.8 Å². The second-order valence-corrected chi connectivity index (χ2v) is 9.10. The number of hydrogen-bond donors (Lipinski definition) is 1. The van der Waals surface area contributed by atoms with Gasteiger partial charge in [-0.3, -0.25) is 9.59 Å². The van der Waals surface area contributed by atoms with Crippen LogP contribution >= 0.6 is 0 Å². The highest BCUT2D eigenvalue weighted by Crippen LogP contribution is 2.26. The van der Waals surface area contributed by atoms with Crippen LogP contribution in [-0.4, -0.2) is 60.3 Å². The van der Waals surface area contributed by atoms with Crippen molar-refractivity contribution in [2.24, 2.45) is 0 Å². The van der Waals surface area contributed by atoms with Gasteiger partial charge in [-0.2, -0.15) is 4.31 Å². The molecule has 1 fully saturated rings. The number of sulfonamides is 1. The fourth-order valence-electron chi connectivity index (χ4n) is 2.80. The van der Waals surface area contributed by atoms with Crippen LogP contribution < -0.4 is 0 Å². The third kappa shape index (κ3) is 4.01. The number of hydrogen-bond acceptors (Lipinski definition) is 4. The molecule has 1 heterocycles. The third-order valence-corrected chi connectivity index (χ3v) is 6.31. The van der Waals surface area contributed by atoms with Gasteiger partial charge < -0.3 is 10.0 Å². The van der Waals surface area contributed by atoms with Gasteiger partial charge >= 0.3 is 5.97 Å². The summed E-state index contributed by atoms with van der Waals surface area (Å²) in [4.78, 5) is 24.5. The summed E-state index contributed by atoms with van der Waals surface area (Å²) in [5, 5.41) is 9.43. The first-order chi connectivity index (χ1) is 11.4. The molecule has 1 saturated heterocycles. The van der Waals surface area contributed by atoms with E-state index in [4.69, 9.17) is 0 Å². The van der Waals surface area contributed by atoms with E-state index >= 15 is 0 Å². The second-order valence-electron chi connectivity index (χ2n) is 7.21. The van der Waals surface area contributed by atoms with Crippen molar-refractivity contribution >= 4 is 21.9 Å². The Hall–Kier alpha value is -1.93. The van der Waals surface area contributed by atoms with Gasteiger partial charge in [0.1, 0.15) is 6.04 Å². The van der Waals surface area contributed by atoms with Gasteiger partial charge in [0.25, 0.3) is 0 Å². The number of piperazine rings is 1. The first-order valence-electron chi connectivity index (χ1n) is 8.05. The minimum absolute atomic E-state index is 0.0418. The van der Waals surface area contributed by atoms with Crippen molar-refractivity contribution in [1.29, 1.82) is 0 Å². The molecule has 138 valence electrons. The number of benzene rings is 1. The molecule has 1 aromatic carbocycles. The highest BCUT2D eigenvalue weighted by atomic mass is 32.2. The van der Waals surface area contributed by atoms with Crippen LogP contribution in [-0.2, 0) is 25.0 Å². The Labute approximate surface area is 148 Å². The van der Waals surface area contributed by atoms with E-state index < -0.39 is 22.0 Å². The molecule has 25 heavy (non-hydrogen) atoms. The van der Waals surface area contributed by atoms with Gasteiger partial charge in [0.05, 0.1) is 4.90 Å². The van der Waals surface area contributed by atoms with Crippen molar-refractivity contribution in [3.63, 3.8) is 0 Å². The molecule has 8 heteroatoms. The van der Waals surface area contributed by atoms with Crippen LogP contribution in [0.25, 0.3) is 0 Å². The summed E-state index contributed by atoms with van der Waals surface area (Å²) in [5.74, 6) is -1.53. The number of rotatable bonds is 3. The highest BCUT2D eigenvalue weighted by Gasteiger charge is 2.40. The number of amides is 1. The third-order valence-electron chi connectivity index (χ3n) is 4.39. The zero-order chi connectivity index (χ0) is 19.0. The molecular weight excluding hydrogens is 344 g/mol. The van der Waals surface area contributed by atoms with Crippen LogP contribution in [0.1, 0.15) is 33.3 Å². The van der Waals surface area contributed by atoms with Crippen molar-refractivity contribution < 1.29 is 23.1 Å². The Morgan fingerprint density at radius 2 is 1.68 bits per heavy atom. The van der Waals surface area contributed by atoms with Crippen molar-refractivity contribution in [2.45, 2.75) is 44.0 Å². The standard InChI is InChI=1S/C17H24N2O5S/c1-12(20)18-9-10-19(15(11-18)16(21)22)25(23,24)14-7-5-13(6-8-14)17(2,3)4/h5-8,15H,9-11H2,1-4H3,(H,21,22). The zero-order valence-corrected chi connectivity index (χ0v) is 15.7. The van der Waals surface area contributed by atoms with Gasteiger partial charge in [-0.05, 0) is 23.1 Å². The molecule has 0 aliphatic carbocycles. The van der Waals surface area contributed by atoms with E-state index in [1.54, 1.807) is 12.1 Å². The molecule has 0 aromatic heterocycles. The van der Waals surface area contributed by atoms with Crippen LogP contribution in [0.5, 0.6) is 0 Å². The molecule has 1 aliphatic heterocycles. The molecule has 1 aliphatic rings. The van der Waals surface area contributed by atoms with E-state index in [9.17, 15) is 23.1 Å². The molecule has 2 rings (SSSR count). The van der Waals surface area contributed by atoms with Gasteiger partial charge in [-0.25, -0.2) is 8.42 Å². The molecular formula is C17H24N2O5S. The SMILES string of the molecule is CC(=O)N1CCN(S(=O)(=O)c2ccc(C(C)(C)C)cc2)C(C(=O)O)C1. The number of aliphatic carboxylic acids is 1. The van der Waals surface area contributed by atoms with Crippen LogP contribution in [0, 0.1) is 0 Å². The summed E-state index contributed by atoms with van der Waals surface area (Å²) in [7, 11) is -3.95. The number of carbonyl (C=O) groups excluding carboxylic acids is 1. The first kappa shape index (κ1) is 19.4. The van der Waals surface area contributed by atoms with Crippen molar-refractivity contribution in [2.75, 3.05) is 19.6 Å². The number of carboxylic acid groups (broad SMARTS) is 1. The lowest BCUT2D eigenvalue weighted by molar-refractivity contribution is -0.145. The lowest BCUT2D eigenvalue weighted by Crippen LogP contribution is -2.58. The quantitative estimate of drug-likeness (QED) is 0.867. The summed E-state index contributed by atoms with van der Waals surface area (Å²) < 4.78 is 26.8. The first-order valence-corrected chi connectivity index (χ1v) is 9.49. The fourth-order valence-corrected chi connectivity index (χ4v) is 4.37. The molecule has 1 N–H and O–H groups in total. The maximum absolute atomic E-state index is 12.9. The molecule has 0 bridgehead atoms. The van der Waals surface area contributed by atoms with Crippen LogP contribution in [0.15, 0.2) is 29.2 Å². The van der Waals surface area contributed by atoms with Gasteiger partial charge in [0, 0.05) is 26.6 Å². The molecule has 1 atom stereocenters. The highest BCUT2D eigenvalue weighted by molar-refractivity contribution is 7.89. The van der Waals surface area contributed by atoms with Crippen molar-refractivity contribution in [3.8, 4) is 0 Å². The summed E-state index contributed by atoms with van der Waals surface area (Å²) in [5.41, 5.74) is 0.876. The average Bonchev–Trinajstić information content (AvgIpc) is 2.53. The predicted molar refractivity (Wildman–Crippen MR) is 92.7 cm³/mol. The molecule has 1 unspecified atom stereocenters. The molecule has 7 nitrogen and oxygen atoms in total. The number of carbonyl (C=O) groups is 2. The zero-order valence-electron chi connectivity index (χ0n) is 14.9. The van der Waals surface area contributed by atoms with Crippen LogP contribution in [0.4, 0.5) is 0 Å². The average molecular weight is 368 g/mol. The topological polar surface area (TPSA) is 95.0 Å². The molecule has 0 spiro atoms. The largest absolute Gasteiger partial charge is 0.480 e. The van der Waals surface area contributed by atoms with E-state index in [1.165, 1.54) is 24.0 Å². The Balaban J connectivity index is 2.34. The number of nitrogens with zero attached hydrogens (tertiary/aromatic N) is 2. The maximum atomic E-state index is 12.9. The van der Waals surface area contributed by atoms with Crippen molar-refractivity contribution in [3.05, 3.63) is 29.8 Å². The van der Waals surface area contributed by atoms with Gasteiger partial charge in [-0.15, -0.1) is 0 Å². The lowest BCUT2D eigenvalue weighted by Gasteiger charge is -2.38. The molecule has 1 aromatic rings. The molecule has 0 saturated carbocycles. The lowest BCUT2D eigenvalue weighted by atomic mass is 9.87. The number of carboxylic acids is 1. The smallest absolute Gasteiger partial charge is 0.323 e. The van der Waals surface area contributed by atoms with Crippen molar-refractivity contribution in [1.82, 2.24) is 9.21 Å². The van der Waals surface area contributed by atoms with Gasteiger partial charge in [0.2, 0.25) is 15.9 Å². The molecule has 1 amide bonds. The minimum Gasteiger partial charge on any atom is -0.480 e. The Morgan fingerprint density at radius 3 is 2.12 bits per heavy atom. The Bertz CT molecular complexity index is 765. The summed E-state index contributed by atoms with van der Waals surface area (Å²) in [6.45, 7) is 7.41. The van der Waals surface area contributed by atoms with Crippen LogP contribution in [0.3, 0.4) is 0 Å².